The summed E-state index contributed by atoms with van der Waals surface area (Å²) >= 11 is 0. The van der Waals surface area contributed by atoms with Crippen LogP contribution in [-0.2, 0) is 34.3 Å². The molecule has 11 heteroatoms. The van der Waals surface area contributed by atoms with Crippen molar-refractivity contribution in [3.8, 4) is 16.9 Å². The van der Waals surface area contributed by atoms with E-state index in [2.05, 4.69) is 0 Å². The van der Waals surface area contributed by atoms with E-state index in [1.165, 1.54) is 23.2 Å². The molecule has 7 rings (SSSR count). The van der Waals surface area contributed by atoms with Gasteiger partial charge in [0, 0.05) is 38.1 Å². The molecule has 286 valence electrons. The fourth-order valence-corrected chi connectivity index (χ4v) is 8.17. The summed E-state index contributed by atoms with van der Waals surface area (Å²) in [6.45, 7) is 7.87. The number of carbonyl (C=O) groups is 3. The molecule has 2 heterocycles. The van der Waals surface area contributed by atoms with Crippen LogP contribution in [0.25, 0.3) is 11.1 Å². The number of carbonyl (C=O) groups excluding carboxylic acids is 3. The molecule has 0 bridgehead atoms. The Morgan fingerprint density at radius 1 is 0.750 bits per heavy atom. The second kappa shape index (κ2) is 15.1. The van der Waals surface area contributed by atoms with Gasteiger partial charge in [-0.15, -0.1) is 0 Å². The number of ether oxygens (including phenoxy) is 2. The smallest absolute Gasteiger partial charge is 0.410 e. The zero-order chi connectivity index (χ0) is 39.8. The van der Waals surface area contributed by atoms with Crippen LogP contribution < -0.4 is 4.74 Å². The normalized spacial score (nSPS) is 12.6. The molecule has 1 aliphatic carbocycles. The van der Waals surface area contributed by atoms with E-state index in [1.807, 2.05) is 91.9 Å². The molecule has 0 N–H and O–H groups in total. The van der Waals surface area contributed by atoms with Crippen LogP contribution in [0.3, 0.4) is 0 Å². The van der Waals surface area contributed by atoms with Crippen molar-refractivity contribution in [1.82, 2.24) is 13.4 Å². The lowest BCUT2D eigenvalue weighted by Crippen LogP contribution is -2.35. The number of fused-ring (bicyclic) bond motifs is 2. The highest BCUT2D eigenvalue weighted by Crippen LogP contribution is 2.40. The van der Waals surface area contributed by atoms with E-state index in [1.54, 1.807) is 50.7 Å². The maximum absolute atomic E-state index is 15.0. The van der Waals surface area contributed by atoms with Crippen LogP contribution in [0.5, 0.6) is 5.75 Å². The molecule has 6 aromatic rings. The summed E-state index contributed by atoms with van der Waals surface area (Å²) in [5.74, 6) is -0.440. The first-order valence-corrected chi connectivity index (χ1v) is 19.8. The van der Waals surface area contributed by atoms with Crippen molar-refractivity contribution in [3.63, 3.8) is 0 Å². The zero-order valence-corrected chi connectivity index (χ0v) is 32.8. The van der Waals surface area contributed by atoms with Gasteiger partial charge < -0.3 is 18.9 Å². The van der Waals surface area contributed by atoms with Gasteiger partial charge in [-0.1, -0.05) is 90.5 Å². The molecule has 0 saturated heterocycles. The van der Waals surface area contributed by atoms with Crippen molar-refractivity contribution < 1.29 is 32.3 Å². The van der Waals surface area contributed by atoms with Crippen molar-refractivity contribution in [2.45, 2.75) is 57.8 Å². The first kappa shape index (κ1) is 38.1. The minimum absolute atomic E-state index is 0.00250. The van der Waals surface area contributed by atoms with Crippen LogP contribution >= 0.6 is 0 Å². The molecule has 0 fully saturated rings. The summed E-state index contributed by atoms with van der Waals surface area (Å²) < 4.78 is 43.0. The molecule has 0 spiro atoms. The molecule has 56 heavy (non-hydrogen) atoms. The van der Waals surface area contributed by atoms with Gasteiger partial charge in [0.1, 0.15) is 29.3 Å². The summed E-state index contributed by atoms with van der Waals surface area (Å²) in [6.07, 6.45) is 2.65. The van der Waals surface area contributed by atoms with E-state index in [0.29, 0.717) is 29.0 Å². The molecule has 0 saturated carbocycles. The van der Waals surface area contributed by atoms with E-state index >= 15 is 4.79 Å². The molecule has 0 atom stereocenters. The number of rotatable bonds is 11. The van der Waals surface area contributed by atoms with Gasteiger partial charge in [-0.05, 0) is 80.6 Å². The fraction of sp³-hybridized carbons (Fsp3) is 0.222. The van der Waals surface area contributed by atoms with Crippen molar-refractivity contribution in [3.05, 3.63) is 166 Å². The Hall–Kier alpha value is -6.20. The number of benzene rings is 4. The Morgan fingerprint density at radius 3 is 2.00 bits per heavy atom. The maximum Gasteiger partial charge on any atom is 0.410 e. The fourth-order valence-electron chi connectivity index (χ4n) is 6.78. The first-order valence-electron chi connectivity index (χ1n) is 18.4. The number of aromatic nitrogens is 2. The number of ketones is 2. The number of nitrogens with zero attached hydrogens (tertiary/aromatic N) is 3. The predicted molar refractivity (Wildman–Crippen MR) is 214 cm³/mol. The highest BCUT2D eigenvalue weighted by Gasteiger charge is 2.42. The second-order valence-electron chi connectivity index (χ2n) is 15.0. The van der Waals surface area contributed by atoms with Crippen LogP contribution in [0, 0.1) is 6.92 Å². The molecule has 0 aliphatic heterocycles. The first-order chi connectivity index (χ1) is 26.7. The summed E-state index contributed by atoms with van der Waals surface area (Å²) in [4.78, 5) is 44.3. The van der Waals surface area contributed by atoms with Crippen LogP contribution in [0.15, 0.2) is 126 Å². The molecule has 1 amide bonds. The van der Waals surface area contributed by atoms with E-state index in [0.717, 1.165) is 20.7 Å². The van der Waals surface area contributed by atoms with Gasteiger partial charge in [-0.25, -0.2) is 17.2 Å². The molecule has 2 aromatic heterocycles. The number of aryl methyl sites for hydroxylation is 1. The summed E-state index contributed by atoms with van der Waals surface area (Å²) in [6, 6.07) is 33.0. The molecule has 0 radical (unpaired) electrons. The van der Waals surface area contributed by atoms with Gasteiger partial charge in [0.2, 0.25) is 5.78 Å². The third-order valence-electron chi connectivity index (χ3n) is 9.62. The van der Waals surface area contributed by atoms with Gasteiger partial charge in [0.05, 0.1) is 16.0 Å². The standard InChI is InChI=1S/C45H43N3O7S/c1-30-16-22-36(23-17-30)56(52,53)48-27-34(24-25-46(5)44(51)55-45(2,3)4)38-41(48)43(50)40-39(42(38)49)37(28-47(40)26-31-12-8-6-9-13-31)33-18-20-35(21-19-33)54-29-32-14-10-7-11-15-32/h6-23,27-28H,24-26,29H2,1-5H3. The van der Waals surface area contributed by atoms with Crippen molar-refractivity contribution in [2.75, 3.05) is 13.6 Å². The van der Waals surface area contributed by atoms with Crippen LogP contribution in [-0.4, -0.2) is 58.7 Å². The van der Waals surface area contributed by atoms with Gasteiger partial charge in [-0.2, -0.15) is 0 Å². The predicted octanol–water partition coefficient (Wildman–Crippen LogP) is 8.31. The number of hydrogen-bond acceptors (Lipinski definition) is 7. The van der Waals surface area contributed by atoms with E-state index in [-0.39, 0.29) is 46.9 Å². The maximum atomic E-state index is 15.0. The molecule has 10 nitrogen and oxygen atoms in total. The van der Waals surface area contributed by atoms with E-state index < -0.39 is 33.3 Å². The lowest BCUT2D eigenvalue weighted by molar-refractivity contribution is 0.0300. The number of hydrogen-bond donors (Lipinski definition) is 0. The lowest BCUT2D eigenvalue weighted by Gasteiger charge is -2.24. The van der Waals surface area contributed by atoms with E-state index in [4.69, 9.17) is 9.47 Å². The van der Waals surface area contributed by atoms with Gasteiger partial charge in [0.15, 0.2) is 5.78 Å². The quantitative estimate of drug-likeness (QED) is 0.130. The minimum atomic E-state index is -4.35. The number of likely N-dealkylation sites (N-methyl/N-ethyl adjacent to an activating group) is 1. The van der Waals surface area contributed by atoms with Crippen molar-refractivity contribution in [2.24, 2.45) is 0 Å². The molecule has 0 unspecified atom stereocenters. The zero-order valence-electron chi connectivity index (χ0n) is 32.0. The highest BCUT2D eigenvalue weighted by molar-refractivity contribution is 7.90. The van der Waals surface area contributed by atoms with Crippen LogP contribution in [0.1, 0.15) is 75.1 Å². The summed E-state index contributed by atoms with van der Waals surface area (Å²) in [5.41, 5.74) is 3.62. The Morgan fingerprint density at radius 2 is 1.38 bits per heavy atom. The summed E-state index contributed by atoms with van der Waals surface area (Å²) in [7, 11) is -2.78. The average Bonchev–Trinajstić information content (AvgIpc) is 3.76. The van der Waals surface area contributed by atoms with Crippen LogP contribution in [0.2, 0.25) is 0 Å². The van der Waals surface area contributed by atoms with E-state index in [9.17, 15) is 18.0 Å². The van der Waals surface area contributed by atoms with Gasteiger partial charge in [0.25, 0.3) is 10.0 Å². The average molecular weight is 770 g/mol. The second-order valence-corrected chi connectivity index (χ2v) is 16.8. The van der Waals surface area contributed by atoms with Gasteiger partial charge >= 0.3 is 6.09 Å². The highest BCUT2D eigenvalue weighted by atomic mass is 32.2. The number of amides is 1. The molecular weight excluding hydrogens is 727 g/mol. The van der Waals surface area contributed by atoms with Crippen LogP contribution in [0.4, 0.5) is 4.79 Å². The molecular formula is C45H43N3O7S. The van der Waals surface area contributed by atoms with Gasteiger partial charge in [-0.3, -0.25) is 9.59 Å². The SMILES string of the molecule is Cc1ccc(S(=O)(=O)n2cc(CCN(C)C(=O)OC(C)(C)C)c3c2C(=O)c2c(c(-c4ccc(OCc5ccccc5)cc4)cn2Cc2ccccc2)C3=O)cc1. The monoisotopic (exact) mass is 769 g/mol. The lowest BCUT2D eigenvalue weighted by atomic mass is 9.86. The Kier molecular flexibility index (Phi) is 10.3. The largest absolute Gasteiger partial charge is 0.489 e. The third-order valence-corrected chi connectivity index (χ3v) is 11.3. The van der Waals surface area contributed by atoms with Crippen molar-refractivity contribution >= 4 is 27.7 Å². The minimum Gasteiger partial charge on any atom is -0.489 e. The molecule has 4 aromatic carbocycles. The summed E-state index contributed by atoms with van der Waals surface area (Å²) in [5, 5.41) is 0. The van der Waals surface area contributed by atoms with Crippen molar-refractivity contribution in [1.29, 1.82) is 0 Å². The Bertz CT molecular complexity index is 2530. The molecule has 1 aliphatic rings. The topological polar surface area (TPSA) is 117 Å². The third kappa shape index (κ3) is 7.67. The Labute approximate surface area is 327 Å². The Balaban J connectivity index is 1.34.